The number of aliphatic imine (C=N–C) groups is 1. The average Bonchev–Trinajstić information content (AvgIpc) is 2.71. The molecule has 1 aliphatic rings. The molecule has 3 N–H and O–H groups in total. The van der Waals surface area contributed by atoms with Gasteiger partial charge in [0.2, 0.25) is 0 Å². The van der Waals surface area contributed by atoms with Crippen LogP contribution in [-0.4, -0.2) is 48.8 Å². The van der Waals surface area contributed by atoms with Crippen molar-refractivity contribution in [3.8, 4) is 0 Å². The van der Waals surface area contributed by atoms with Crippen LogP contribution in [0.5, 0.6) is 0 Å². The fraction of sp³-hybridized carbons (Fsp3) is 0.708. The van der Waals surface area contributed by atoms with Crippen LogP contribution in [0.4, 0.5) is 0 Å². The summed E-state index contributed by atoms with van der Waals surface area (Å²) in [6.45, 7) is 11.5. The molecule has 1 aromatic carbocycles. The number of hydrogen-bond acceptors (Lipinski definition) is 3. The largest absolute Gasteiger partial charge is 0.393 e. The smallest absolute Gasteiger partial charge is 0.191 e. The zero-order valence-corrected chi connectivity index (χ0v) is 19.0. The van der Waals surface area contributed by atoms with Gasteiger partial charge >= 0.3 is 0 Å². The summed E-state index contributed by atoms with van der Waals surface area (Å²) in [5, 5.41) is 16.6. The van der Waals surface area contributed by atoms with E-state index in [1.165, 1.54) is 36.8 Å². The highest BCUT2D eigenvalue weighted by Crippen LogP contribution is 2.22. The predicted molar refractivity (Wildman–Crippen MR) is 123 cm³/mol. The highest BCUT2D eigenvalue weighted by molar-refractivity contribution is 5.79. The molecule has 1 heterocycles. The maximum Gasteiger partial charge on any atom is 0.191 e. The first-order valence-electron chi connectivity index (χ1n) is 11.3. The molecule has 5 nitrogen and oxygen atoms in total. The summed E-state index contributed by atoms with van der Waals surface area (Å²) >= 11 is 0. The number of hydrogen-bond donors (Lipinski definition) is 3. The van der Waals surface area contributed by atoms with Crippen molar-refractivity contribution in [2.45, 2.75) is 78.5 Å². The van der Waals surface area contributed by atoms with Crippen LogP contribution < -0.4 is 10.6 Å². The molecule has 0 aromatic heterocycles. The van der Waals surface area contributed by atoms with Crippen molar-refractivity contribution in [1.29, 1.82) is 0 Å². The first-order valence-corrected chi connectivity index (χ1v) is 11.3. The van der Waals surface area contributed by atoms with Crippen LogP contribution in [0.2, 0.25) is 0 Å². The number of nitrogens with zero attached hydrogens (tertiary/aromatic N) is 2. The lowest BCUT2D eigenvalue weighted by Gasteiger charge is -2.29. The van der Waals surface area contributed by atoms with Crippen molar-refractivity contribution in [1.82, 2.24) is 15.5 Å². The first-order chi connectivity index (χ1) is 13.9. The summed E-state index contributed by atoms with van der Waals surface area (Å²) in [5.41, 5.74) is 2.87. The Morgan fingerprint density at radius 3 is 2.38 bits per heavy atom. The Kier molecular flexibility index (Phi) is 9.95. The van der Waals surface area contributed by atoms with Crippen LogP contribution in [0.3, 0.4) is 0 Å². The molecule has 1 aromatic rings. The number of aliphatic hydroxyl groups excluding tert-OH is 1. The Hall–Kier alpha value is -1.59. The van der Waals surface area contributed by atoms with Crippen LogP contribution in [0.25, 0.3) is 0 Å². The minimum absolute atomic E-state index is 0.107. The molecule has 2 rings (SSSR count). The number of guanidine groups is 1. The van der Waals surface area contributed by atoms with Crippen LogP contribution in [0.1, 0.15) is 70.4 Å². The number of benzene rings is 1. The van der Waals surface area contributed by atoms with Crippen LogP contribution in [-0.2, 0) is 13.1 Å². The molecule has 0 saturated carbocycles. The molecule has 1 aliphatic heterocycles. The van der Waals surface area contributed by atoms with Crippen LogP contribution in [0, 0.1) is 5.41 Å². The monoisotopic (exact) mass is 402 g/mol. The van der Waals surface area contributed by atoms with Crippen LogP contribution >= 0.6 is 0 Å². The van der Waals surface area contributed by atoms with Gasteiger partial charge in [-0.05, 0) is 35.8 Å². The summed E-state index contributed by atoms with van der Waals surface area (Å²) in [4.78, 5) is 6.80. The molecule has 0 amide bonds. The normalized spacial score (nSPS) is 16.8. The molecule has 29 heavy (non-hydrogen) atoms. The second kappa shape index (κ2) is 12.2. The SMILES string of the molecule is CCCCCC(C)(C)CNC(=NC)NCc1ccc(CN2CCC(O)CC2)cc1. The zero-order valence-electron chi connectivity index (χ0n) is 19.0. The molecule has 0 radical (unpaired) electrons. The Labute approximate surface area is 178 Å². The van der Waals surface area contributed by atoms with Gasteiger partial charge in [-0.3, -0.25) is 9.89 Å². The first kappa shape index (κ1) is 23.7. The lowest BCUT2D eigenvalue weighted by atomic mass is 9.87. The molecule has 0 spiro atoms. The minimum Gasteiger partial charge on any atom is -0.393 e. The summed E-state index contributed by atoms with van der Waals surface area (Å²) < 4.78 is 0. The van der Waals surface area contributed by atoms with Gasteiger partial charge in [-0.25, -0.2) is 0 Å². The summed E-state index contributed by atoms with van der Waals surface area (Å²) in [6.07, 6.45) is 6.79. The molecule has 1 fully saturated rings. The summed E-state index contributed by atoms with van der Waals surface area (Å²) in [5.74, 6) is 0.865. The van der Waals surface area contributed by atoms with E-state index in [2.05, 4.69) is 65.6 Å². The van der Waals surface area contributed by atoms with Crippen LogP contribution in [0.15, 0.2) is 29.3 Å². The molecule has 0 bridgehead atoms. The van der Waals surface area contributed by atoms with Crippen molar-refractivity contribution in [2.75, 3.05) is 26.7 Å². The topological polar surface area (TPSA) is 59.9 Å². The van der Waals surface area contributed by atoms with Crippen molar-refractivity contribution in [2.24, 2.45) is 10.4 Å². The number of unbranched alkanes of at least 4 members (excludes halogenated alkanes) is 2. The van der Waals surface area contributed by atoms with Crippen molar-refractivity contribution in [3.63, 3.8) is 0 Å². The second-order valence-electron chi connectivity index (χ2n) is 9.22. The van der Waals surface area contributed by atoms with E-state index in [0.29, 0.717) is 0 Å². The van der Waals surface area contributed by atoms with Gasteiger partial charge in [-0.2, -0.15) is 0 Å². The van der Waals surface area contributed by atoms with Gasteiger partial charge in [0.05, 0.1) is 6.10 Å². The van der Waals surface area contributed by atoms with E-state index in [9.17, 15) is 5.11 Å². The van der Waals surface area contributed by atoms with Gasteiger partial charge in [0, 0.05) is 39.8 Å². The molecule has 0 unspecified atom stereocenters. The van der Waals surface area contributed by atoms with Gasteiger partial charge in [-0.1, -0.05) is 64.3 Å². The van der Waals surface area contributed by atoms with Crippen molar-refractivity contribution >= 4 is 5.96 Å². The Balaban J connectivity index is 1.73. The predicted octanol–water partition coefficient (Wildman–Crippen LogP) is 3.91. The van der Waals surface area contributed by atoms with Gasteiger partial charge in [0.1, 0.15) is 0 Å². The number of piperidine rings is 1. The lowest BCUT2D eigenvalue weighted by molar-refractivity contribution is 0.0792. The Morgan fingerprint density at radius 1 is 1.10 bits per heavy atom. The quantitative estimate of drug-likeness (QED) is 0.315. The third kappa shape index (κ3) is 9.18. The van der Waals surface area contributed by atoms with E-state index in [1.807, 2.05) is 7.05 Å². The second-order valence-corrected chi connectivity index (χ2v) is 9.22. The Bertz CT molecular complexity index is 604. The molecule has 1 saturated heterocycles. The third-order valence-corrected chi connectivity index (χ3v) is 5.86. The standard InChI is InChI=1S/C24H42N4O/c1-5-6-7-14-24(2,3)19-27-23(25-4)26-17-20-8-10-21(11-9-20)18-28-15-12-22(29)13-16-28/h8-11,22,29H,5-7,12-19H2,1-4H3,(H2,25,26,27). The molecule has 5 heteroatoms. The molecular weight excluding hydrogens is 360 g/mol. The van der Waals surface area contributed by atoms with Gasteiger partial charge < -0.3 is 15.7 Å². The zero-order chi connectivity index (χ0) is 21.1. The van der Waals surface area contributed by atoms with E-state index in [4.69, 9.17) is 0 Å². The fourth-order valence-electron chi connectivity index (χ4n) is 3.77. The van der Waals surface area contributed by atoms with E-state index in [-0.39, 0.29) is 11.5 Å². The number of rotatable bonds is 10. The minimum atomic E-state index is -0.107. The van der Waals surface area contributed by atoms with Crippen molar-refractivity contribution < 1.29 is 5.11 Å². The third-order valence-electron chi connectivity index (χ3n) is 5.86. The van der Waals surface area contributed by atoms with Gasteiger partial charge in [0.25, 0.3) is 0 Å². The van der Waals surface area contributed by atoms with Gasteiger partial charge in [0.15, 0.2) is 5.96 Å². The molecule has 0 atom stereocenters. The lowest BCUT2D eigenvalue weighted by Crippen LogP contribution is -2.41. The highest BCUT2D eigenvalue weighted by atomic mass is 16.3. The summed E-state index contributed by atoms with van der Waals surface area (Å²) in [7, 11) is 1.83. The highest BCUT2D eigenvalue weighted by Gasteiger charge is 2.18. The Morgan fingerprint density at radius 2 is 1.76 bits per heavy atom. The van der Waals surface area contributed by atoms with Crippen molar-refractivity contribution in [3.05, 3.63) is 35.4 Å². The van der Waals surface area contributed by atoms with E-state index < -0.39 is 0 Å². The maximum atomic E-state index is 9.64. The van der Waals surface area contributed by atoms with E-state index in [0.717, 1.165) is 51.5 Å². The van der Waals surface area contributed by atoms with Gasteiger partial charge in [-0.15, -0.1) is 0 Å². The number of likely N-dealkylation sites (tertiary alicyclic amines) is 1. The molecular formula is C24H42N4O. The number of aliphatic hydroxyl groups is 1. The average molecular weight is 403 g/mol. The maximum absolute atomic E-state index is 9.64. The summed E-state index contributed by atoms with van der Waals surface area (Å²) in [6, 6.07) is 8.83. The van der Waals surface area contributed by atoms with E-state index >= 15 is 0 Å². The molecule has 164 valence electrons. The number of nitrogens with one attached hydrogen (secondary N) is 2. The molecule has 0 aliphatic carbocycles. The fourth-order valence-corrected chi connectivity index (χ4v) is 3.77. The van der Waals surface area contributed by atoms with E-state index in [1.54, 1.807) is 0 Å².